The van der Waals surface area contributed by atoms with Gasteiger partial charge in [-0.25, -0.2) is 9.68 Å². The van der Waals surface area contributed by atoms with Gasteiger partial charge in [0.15, 0.2) is 0 Å². The van der Waals surface area contributed by atoms with Gasteiger partial charge in [-0.1, -0.05) is 27.2 Å². The first-order chi connectivity index (χ1) is 6.66. The molecule has 0 radical (unpaired) electrons. The zero-order valence-electron chi connectivity index (χ0n) is 8.95. The third kappa shape index (κ3) is 9.28. The molecule has 0 aliphatic heterocycles. The van der Waals surface area contributed by atoms with Crippen LogP contribution in [0.1, 0.15) is 33.6 Å². The minimum atomic E-state index is -0.879. The minimum Gasteiger partial charge on any atom is -0.432 e. The lowest BCUT2D eigenvalue weighted by Gasteiger charge is -2.05. The molecule has 0 aromatic rings. The lowest BCUT2D eigenvalue weighted by molar-refractivity contribution is -0.486. The van der Waals surface area contributed by atoms with Crippen LogP contribution in [-0.2, 0) is 19.6 Å². The smallest absolute Gasteiger partial charge is 0.432 e. The van der Waals surface area contributed by atoms with E-state index in [1.807, 2.05) is 20.8 Å². The average molecular weight is 206 g/mol. The van der Waals surface area contributed by atoms with Crippen LogP contribution < -0.4 is 0 Å². The molecule has 5 nitrogen and oxygen atoms in total. The Morgan fingerprint density at radius 3 is 2.64 bits per heavy atom. The summed E-state index contributed by atoms with van der Waals surface area (Å²) in [6.45, 7) is 6.56. The van der Waals surface area contributed by atoms with E-state index in [1.54, 1.807) is 0 Å². The third-order valence-electron chi connectivity index (χ3n) is 1.27. The van der Waals surface area contributed by atoms with Crippen LogP contribution in [-0.4, -0.2) is 19.4 Å². The van der Waals surface area contributed by atoms with Crippen molar-refractivity contribution in [1.82, 2.24) is 0 Å². The predicted octanol–water partition coefficient (Wildman–Crippen LogP) is 2.46. The van der Waals surface area contributed by atoms with Gasteiger partial charge in [0.25, 0.3) is 0 Å². The van der Waals surface area contributed by atoms with Gasteiger partial charge < -0.3 is 4.74 Å². The van der Waals surface area contributed by atoms with E-state index in [0.717, 1.165) is 12.8 Å². The first-order valence-electron chi connectivity index (χ1n) is 4.79. The molecule has 5 heteroatoms. The van der Waals surface area contributed by atoms with E-state index < -0.39 is 6.16 Å². The van der Waals surface area contributed by atoms with Gasteiger partial charge in [-0.15, -0.1) is 0 Å². The predicted molar refractivity (Wildman–Crippen MR) is 49.2 cm³/mol. The van der Waals surface area contributed by atoms with Crippen molar-refractivity contribution in [2.24, 2.45) is 5.92 Å². The second-order valence-electron chi connectivity index (χ2n) is 3.28. The van der Waals surface area contributed by atoms with Crippen LogP contribution in [0.2, 0.25) is 0 Å². The summed E-state index contributed by atoms with van der Waals surface area (Å²) < 4.78 is 4.64. The molecule has 0 fully saturated rings. The Hall–Kier alpha value is -0.810. The van der Waals surface area contributed by atoms with Gasteiger partial charge in [0.05, 0.1) is 13.2 Å². The Morgan fingerprint density at radius 2 is 2.07 bits per heavy atom. The summed E-state index contributed by atoms with van der Waals surface area (Å²) in [4.78, 5) is 19.4. The normalized spacial score (nSPS) is 10.3. The summed E-state index contributed by atoms with van der Waals surface area (Å²) in [5.41, 5.74) is 0. The molecule has 0 aromatic heterocycles. The molecule has 0 rings (SSSR count). The van der Waals surface area contributed by atoms with Crippen LogP contribution in [0.4, 0.5) is 4.79 Å². The third-order valence-corrected chi connectivity index (χ3v) is 1.27. The summed E-state index contributed by atoms with van der Waals surface area (Å²) in [5, 5.41) is 4.16. The van der Waals surface area contributed by atoms with Crippen molar-refractivity contribution < 1.29 is 24.3 Å². The lowest BCUT2D eigenvalue weighted by Crippen LogP contribution is -2.12. The second-order valence-corrected chi connectivity index (χ2v) is 3.28. The first kappa shape index (κ1) is 13.2. The van der Waals surface area contributed by atoms with Gasteiger partial charge in [0, 0.05) is 0 Å². The Morgan fingerprint density at radius 1 is 1.36 bits per heavy atom. The van der Waals surface area contributed by atoms with Gasteiger partial charge in [-0.3, -0.25) is 0 Å². The maximum Gasteiger partial charge on any atom is 0.542 e. The molecule has 0 saturated heterocycles. The van der Waals surface area contributed by atoms with Crippen molar-refractivity contribution in [3.8, 4) is 0 Å². The Balaban J connectivity index is 3.18. The molecule has 0 unspecified atom stereocenters. The Bertz CT molecular complexity index is 146. The summed E-state index contributed by atoms with van der Waals surface area (Å²) in [6, 6.07) is 0. The maximum absolute atomic E-state index is 10.7. The highest BCUT2D eigenvalue weighted by atomic mass is 17.5. The van der Waals surface area contributed by atoms with Crippen LogP contribution in [0.3, 0.4) is 0 Å². The van der Waals surface area contributed by atoms with E-state index in [9.17, 15) is 4.79 Å². The number of carbonyl (C=O) groups excluding carboxylic acids is 1. The van der Waals surface area contributed by atoms with Crippen molar-refractivity contribution in [2.45, 2.75) is 33.6 Å². The molecular weight excluding hydrogens is 188 g/mol. The summed E-state index contributed by atoms with van der Waals surface area (Å²) >= 11 is 0. The monoisotopic (exact) mass is 206 g/mol. The number of rotatable bonds is 7. The molecule has 0 N–H and O–H groups in total. The Kier molecular flexibility index (Phi) is 8.27. The number of unbranched alkanes of at least 4 members (excludes halogenated alkanes) is 1. The van der Waals surface area contributed by atoms with E-state index in [-0.39, 0.29) is 5.92 Å². The summed E-state index contributed by atoms with van der Waals surface area (Å²) in [5.74, 6) is 0.267. The number of carbonyl (C=O) groups is 1. The highest BCUT2D eigenvalue weighted by Crippen LogP contribution is 1.96. The standard InChI is InChI=1S/C9H18O5/c1-4-5-6-12-14-13-9(10)11-7-8(2)3/h8H,4-7H2,1-3H3. The summed E-state index contributed by atoms with van der Waals surface area (Å²) in [6.07, 6.45) is 0.959. The molecule has 0 aliphatic carbocycles. The zero-order chi connectivity index (χ0) is 10.8. The van der Waals surface area contributed by atoms with Crippen LogP contribution in [0.15, 0.2) is 0 Å². The molecule has 0 spiro atoms. The van der Waals surface area contributed by atoms with Crippen LogP contribution in [0.5, 0.6) is 0 Å². The fourth-order valence-electron chi connectivity index (χ4n) is 0.548. The van der Waals surface area contributed by atoms with Crippen LogP contribution in [0.25, 0.3) is 0 Å². The van der Waals surface area contributed by atoms with E-state index >= 15 is 0 Å². The number of ether oxygens (including phenoxy) is 1. The highest BCUT2D eigenvalue weighted by molar-refractivity contribution is 5.58. The van der Waals surface area contributed by atoms with Crippen molar-refractivity contribution in [1.29, 1.82) is 0 Å². The molecular formula is C9H18O5. The SMILES string of the molecule is CCCCOOOC(=O)OCC(C)C. The van der Waals surface area contributed by atoms with E-state index in [2.05, 4.69) is 19.6 Å². The van der Waals surface area contributed by atoms with Gasteiger partial charge >= 0.3 is 6.16 Å². The van der Waals surface area contributed by atoms with Crippen molar-refractivity contribution >= 4 is 6.16 Å². The van der Waals surface area contributed by atoms with E-state index in [0.29, 0.717) is 13.2 Å². The van der Waals surface area contributed by atoms with Crippen LogP contribution >= 0.6 is 0 Å². The zero-order valence-corrected chi connectivity index (χ0v) is 8.95. The molecule has 14 heavy (non-hydrogen) atoms. The molecule has 0 aromatic carbocycles. The molecule has 0 bridgehead atoms. The van der Waals surface area contributed by atoms with Gasteiger partial charge in [-0.05, 0) is 17.4 Å². The van der Waals surface area contributed by atoms with Crippen LogP contribution in [0, 0.1) is 5.92 Å². The summed E-state index contributed by atoms with van der Waals surface area (Å²) in [7, 11) is 0. The van der Waals surface area contributed by atoms with Crippen molar-refractivity contribution in [2.75, 3.05) is 13.2 Å². The lowest BCUT2D eigenvalue weighted by atomic mass is 10.2. The van der Waals surface area contributed by atoms with Gasteiger partial charge in [0.2, 0.25) is 0 Å². The highest BCUT2D eigenvalue weighted by Gasteiger charge is 2.06. The molecule has 0 atom stereocenters. The first-order valence-corrected chi connectivity index (χ1v) is 4.79. The topological polar surface area (TPSA) is 54.0 Å². The molecule has 0 amide bonds. The van der Waals surface area contributed by atoms with E-state index in [4.69, 9.17) is 0 Å². The molecule has 0 saturated carbocycles. The van der Waals surface area contributed by atoms with Crippen molar-refractivity contribution in [3.63, 3.8) is 0 Å². The second kappa shape index (κ2) is 8.77. The van der Waals surface area contributed by atoms with Gasteiger partial charge in [0.1, 0.15) is 0 Å². The largest absolute Gasteiger partial charge is 0.542 e. The average Bonchev–Trinajstić information content (AvgIpc) is 2.14. The van der Waals surface area contributed by atoms with Crippen molar-refractivity contribution in [3.05, 3.63) is 0 Å². The molecule has 84 valence electrons. The fraction of sp³-hybridized carbons (Fsp3) is 0.889. The van der Waals surface area contributed by atoms with E-state index in [1.165, 1.54) is 0 Å². The Labute approximate surface area is 84.1 Å². The fourth-order valence-corrected chi connectivity index (χ4v) is 0.548. The maximum atomic E-state index is 10.7. The molecule has 0 aliphatic rings. The number of hydrogen-bond acceptors (Lipinski definition) is 5. The number of hydrogen-bond donors (Lipinski definition) is 0. The minimum absolute atomic E-state index is 0.267. The molecule has 0 heterocycles. The van der Waals surface area contributed by atoms with Gasteiger partial charge in [-0.2, -0.15) is 4.89 Å². The quantitative estimate of drug-likeness (QED) is 0.277.